The van der Waals surface area contributed by atoms with Crippen LogP contribution in [0.2, 0.25) is 0 Å². The van der Waals surface area contributed by atoms with Crippen molar-refractivity contribution in [1.29, 1.82) is 0 Å². The van der Waals surface area contributed by atoms with E-state index in [1.54, 1.807) is 0 Å². The van der Waals surface area contributed by atoms with Crippen LogP contribution < -0.4 is 0 Å². The van der Waals surface area contributed by atoms with Crippen molar-refractivity contribution in [2.45, 2.75) is 11.8 Å². The summed E-state index contributed by atoms with van der Waals surface area (Å²) in [6.45, 7) is -0.589. The van der Waals surface area contributed by atoms with Gasteiger partial charge < -0.3 is 10.2 Å². The van der Waals surface area contributed by atoms with Crippen LogP contribution in [0, 0.1) is 11.6 Å². The lowest BCUT2D eigenvalue weighted by molar-refractivity contribution is -0.133. The summed E-state index contributed by atoms with van der Waals surface area (Å²) in [6, 6.07) is 3.29. The van der Waals surface area contributed by atoms with Crippen LogP contribution in [0.1, 0.15) is 5.82 Å². The lowest BCUT2D eigenvalue weighted by Gasteiger charge is -2.10. The maximum atomic E-state index is 13.8. The Bertz CT molecular complexity index is 628. The second-order valence-corrected chi connectivity index (χ2v) is 4.59. The Balaban J connectivity index is 2.53. The average molecular weight is 301 g/mol. The molecule has 2 aromatic rings. The zero-order chi connectivity index (χ0) is 14.7. The number of hydrogen-bond donors (Lipinski definition) is 2. The van der Waals surface area contributed by atoms with Gasteiger partial charge in [0.1, 0.15) is 23.9 Å². The number of aromatic nitrogens is 3. The van der Waals surface area contributed by atoms with Gasteiger partial charge in [-0.15, -0.1) is 10.2 Å². The molecule has 0 saturated heterocycles. The topological polar surface area (TPSA) is 88.2 Å². The highest BCUT2D eigenvalue weighted by Gasteiger charge is 2.20. The van der Waals surface area contributed by atoms with Crippen LogP contribution in [0.15, 0.2) is 23.4 Å². The fourth-order valence-electron chi connectivity index (χ4n) is 1.55. The Morgan fingerprint density at radius 1 is 1.30 bits per heavy atom. The number of hydrogen-bond acceptors (Lipinski definition) is 5. The number of aliphatic carboxylic acids is 1. The Morgan fingerprint density at radius 2 is 1.95 bits per heavy atom. The molecule has 0 spiro atoms. The molecule has 0 atom stereocenters. The monoisotopic (exact) mass is 301 g/mol. The first-order chi connectivity index (χ1) is 9.54. The number of benzene rings is 1. The van der Waals surface area contributed by atoms with E-state index in [0.717, 1.165) is 28.5 Å². The molecule has 0 aliphatic rings. The van der Waals surface area contributed by atoms with Gasteiger partial charge in [0.15, 0.2) is 11.0 Å². The van der Waals surface area contributed by atoms with Crippen molar-refractivity contribution >= 4 is 17.7 Å². The molecule has 6 nitrogen and oxygen atoms in total. The van der Waals surface area contributed by atoms with Crippen molar-refractivity contribution in [3.63, 3.8) is 0 Å². The quantitative estimate of drug-likeness (QED) is 0.807. The predicted octanol–water partition coefficient (Wildman–Crippen LogP) is 1.21. The number of aliphatic hydroxyl groups is 1. The molecule has 0 aliphatic heterocycles. The lowest BCUT2D eigenvalue weighted by atomic mass is 10.3. The predicted molar refractivity (Wildman–Crippen MR) is 65.6 cm³/mol. The molecule has 2 rings (SSSR count). The molecule has 0 saturated carbocycles. The first-order valence-electron chi connectivity index (χ1n) is 5.38. The first kappa shape index (κ1) is 14.4. The number of para-hydroxylation sites is 1. The Morgan fingerprint density at radius 3 is 2.50 bits per heavy atom. The molecule has 1 aromatic heterocycles. The molecular formula is C11H9F2N3O3S. The Kier molecular flexibility index (Phi) is 4.30. The van der Waals surface area contributed by atoms with Gasteiger partial charge in [0.25, 0.3) is 0 Å². The standard InChI is InChI=1S/C11H9F2N3O3S/c12-6-2-1-3-7(13)10(6)16-8(4-17)14-15-11(16)20-5-9(18)19/h1-3,17H,4-5H2,(H,18,19). The fourth-order valence-corrected chi connectivity index (χ4v) is 2.23. The molecule has 0 unspecified atom stereocenters. The minimum Gasteiger partial charge on any atom is -0.481 e. The zero-order valence-electron chi connectivity index (χ0n) is 9.95. The van der Waals surface area contributed by atoms with Gasteiger partial charge in [0.2, 0.25) is 0 Å². The summed E-state index contributed by atoms with van der Waals surface area (Å²) in [5, 5.41) is 25.0. The number of rotatable bonds is 5. The third kappa shape index (κ3) is 2.78. The van der Waals surface area contributed by atoms with Gasteiger partial charge in [-0.1, -0.05) is 17.8 Å². The van der Waals surface area contributed by atoms with Crippen LogP contribution in [-0.2, 0) is 11.4 Å². The van der Waals surface area contributed by atoms with Crippen molar-refractivity contribution in [2.75, 3.05) is 5.75 Å². The van der Waals surface area contributed by atoms with E-state index in [4.69, 9.17) is 10.2 Å². The summed E-state index contributed by atoms with van der Waals surface area (Å²) in [4.78, 5) is 10.6. The molecular weight excluding hydrogens is 292 g/mol. The summed E-state index contributed by atoms with van der Waals surface area (Å²) in [5.41, 5.74) is -0.450. The SMILES string of the molecule is O=C(O)CSc1nnc(CO)n1-c1c(F)cccc1F. The number of aliphatic hydroxyl groups excluding tert-OH is 1. The van der Waals surface area contributed by atoms with E-state index in [9.17, 15) is 13.6 Å². The Hall–Kier alpha value is -2.00. The van der Waals surface area contributed by atoms with E-state index in [1.807, 2.05) is 0 Å². The number of carbonyl (C=O) groups is 1. The number of thioether (sulfide) groups is 1. The van der Waals surface area contributed by atoms with Crippen LogP contribution in [0.5, 0.6) is 0 Å². The number of carboxylic acid groups (broad SMARTS) is 1. The van der Waals surface area contributed by atoms with Crippen LogP contribution >= 0.6 is 11.8 Å². The molecule has 1 heterocycles. The minimum atomic E-state index is -1.11. The van der Waals surface area contributed by atoms with Gasteiger partial charge >= 0.3 is 5.97 Å². The summed E-state index contributed by atoms with van der Waals surface area (Å²) < 4.78 is 28.5. The normalized spacial score (nSPS) is 10.8. The van der Waals surface area contributed by atoms with E-state index in [-0.39, 0.29) is 16.7 Å². The fraction of sp³-hybridized carbons (Fsp3) is 0.182. The van der Waals surface area contributed by atoms with Crippen molar-refractivity contribution in [2.24, 2.45) is 0 Å². The highest BCUT2D eigenvalue weighted by atomic mass is 32.2. The molecule has 0 bridgehead atoms. The summed E-state index contributed by atoms with van der Waals surface area (Å²) in [5.74, 6) is -3.26. The molecule has 1 aromatic carbocycles. The van der Waals surface area contributed by atoms with Crippen LogP contribution in [-0.4, -0.2) is 36.7 Å². The number of nitrogens with zero attached hydrogens (tertiary/aromatic N) is 3. The van der Waals surface area contributed by atoms with Crippen molar-refractivity contribution in [3.05, 3.63) is 35.7 Å². The molecule has 0 aliphatic carbocycles. The molecule has 20 heavy (non-hydrogen) atoms. The van der Waals surface area contributed by atoms with Gasteiger partial charge in [-0.05, 0) is 12.1 Å². The van der Waals surface area contributed by atoms with E-state index in [2.05, 4.69) is 10.2 Å². The third-order valence-electron chi connectivity index (χ3n) is 2.33. The summed E-state index contributed by atoms with van der Waals surface area (Å²) in [6.07, 6.45) is 0. The lowest BCUT2D eigenvalue weighted by Crippen LogP contribution is -2.08. The van der Waals surface area contributed by atoms with E-state index in [1.165, 1.54) is 6.07 Å². The van der Waals surface area contributed by atoms with Gasteiger partial charge in [-0.3, -0.25) is 9.36 Å². The molecule has 2 N–H and O–H groups in total. The second kappa shape index (κ2) is 5.97. The third-order valence-corrected chi connectivity index (χ3v) is 3.24. The highest BCUT2D eigenvalue weighted by Crippen LogP contribution is 2.25. The summed E-state index contributed by atoms with van der Waals surface area (Å²) in [7, 11) is 0. The molecule has 0 fully saturated rings. The number of carboxylic acids is 1. The molecule has 0 amide bonds. The van der Waals surface area contributed by atoms with Crippen molar-refractivity contribution < 1.29 is 23.8 Å². The highest BCUT2D eigenvalue weighted by molar-refractivity contribution is 7.99. The first-order valence-corrected chi connectivity index (χ1v) is 6.37. The van der Waals surface area contributed by atoms with E-state index in [0.29, 0.717) is 0 Å². The van der Waals surface area contributed by atoms with E-state index < -0.39 is 29.9 Å². The molecule has 9 heteroatoms. The average Bonchev–Trinajstić information content (AvgIpc) is 2.79. The van der Waals surface area contributed by atoms with Gasteiger partial charge in [0, 0.05) is 0 Å². The molecule has 106 valence electrons. The smallest absolute Gasteiger partial charge is 0.313 e. The largest absolute Gasteiger partial charge is 0.481 e. The van der Waals surface area contributed by atoms with Crippen LogP contribution in [0.25, 0.3) is 5.69 Å². The van der Waals surface area contributed by atoms with Gasteiger partial charge in [-0.25, -0.2) is 8.78 Å². The summed E-state index contributed by atoms with van der Waals surface area (Å²) >= 11 is 0.749. The van der Waals surface area contributed by atoms with Crippen molar-refractivity contribution in [1.82, 2.24) is 14.8 Å². The maximum Gasteiger partial charge on any atom is 0.313 e. The minimum absolute atomic E-state index is 0.0135. The van der Waals surface area contributed by atoms with Crippen LogP contribution in [0.4, 0.5) is 8.78 Å². The zero-order valence-corrected chi connectivity index (χ0v) is 10.8. The Labute approximate surface area is 116 Å². The second-order valence-electron chi connectivity index (χ2n) is 3.65. The van der Waals surface area contributed by atoms with Crippen LogP contribution in [0.3, 0.4) is 0 Å². The van der Waals surface area contributed by atoms with E-state index >= 15 is 0 Å². The number of halogens is 2. The molecule has 0 radical (unpaired) electrons. The van der Waals surface area contributed by atoms with Gasteiger partial charge in [-0.2, -0.15) is 0 Å². The van der Waals surface area contributed by atoms with Crippen molar-refractivity contribution in [3.8, 4) is 5.69 Å². The maximum absolute atomic E-state index is 13.8. The van der Waals surface area contributed by atoms with Gasteiger partial charge in [0.05, 0.1) is 5.75 Å².